The van der Waals surface area contributed by atoms with E-state index in [4.69, 9.17) is 4.74 Å². The molecule has 2 N–H and O–H groups in total. The van der Waals surface area contributed by atoms with Gasteiger partial charge in [-0.15, -0.1) is 0 Å². The van der Waals surface area contributed by atoms with Crippen molar-refractivity contribution < 1.29 is 22.3 Å². The lowest BCUT2D eigenvalue weighted by Crippen LogP contribution is -2.30. The van der Waals surface area contributed by atoms with Crippen molar-refractivity contribution in [2.24, 2.45) is 5.92 Å². The number of hydrogen-bond acceptors (Lipinski definition) is 4. The van der Waals surface area contributed by atoms with Gasteiger partial charge in [0, 0.05) is 23.9 Å². The number of sulfonamides is 1. The standard InChI is InChI=1S/C26H35FN2O4S/c1-16-12-18(8-11-23(16)29-34(7,31)32)17(2)28-24(30)21-14-26(21,5)19-9-10-20(22(27)13-19)25(3,4)15-33-6/h8-13,17,21,29H,14-15H2,1-7H3,(H,28,30). The van der Waals surface area contributed by atoms with Gasteiger partial charge in [-0.2, -0.15) is 0 Å². The SMILES string of the molecule is COCC(C)(C)c1ccc(C2(C)CC2C(=O)NC(C)c2ccc(NS(C)(=O)=O)c(C)c2)cc1F. The van der Waals surface area contributed by atoms with Crippen LogP contribution in [0.3, 0.4) is 0 Å². The molecule has 3 atom stereocenters. The maximum absolute atomic E-state index is 15.0. The van der Waals surface area contributed by atoms with E-state index in [1.165, 1.54) is 0 Å². The Hall–Kier alpha value is -2.45. The van der Waals surface area contributed by atoms with E-state index in [1.807, 2.05) is 46.8 Å². The molecule has 0 heterocycles. The van der Waals surface area contributed by atoms with Crippen molar-refractivity contribution in [1.29, 1.82) is 0 Å². The van der Waals surface area contributed by atoms with E-state index >= 15 is 0 Å². The van der Waals surface area contributed by atoms with E-state index < -0.39 is 20.9 Å². The Labute approximate surface area is 202 Å². The van der Waals surface area contributed by atoms with E-state index in [1.54, 1.807) is 31.4 Å². The molecule has 1 amide bonds. The molecule has 0 aromatic heterocycles. The summed E-state index contributed by atoms with van der Waals surface area (Å²) in [5.41, 5.74) is 2.73. The van der Waals surface area contributed by atoms with Crippen LogP contribution in [0.1, 0.15) is 62.4 Å². The molecule has 1 aliphatic rings. The fourth-order valence-corrected chi connectivity index (χ4v) is 5.22. The monoisotopic (exact) mass is 490 g/mol. The molecule has 0 radical (unpaired) electrons. The molecule has 3 rings (SSSR count). The predicted octanol–water partition coefficient (Wildman–Crippen LogP) is 4.58. The van der Waals surface area contributed by atoms with Crippen LogP contribution in [-0.2, 0) is 30.4 Å². The first-order valence-corrected chi connectivity index (χ1v) is 13.3. The summed E-state index contributed by atoms with van der Waals surface area (Å²) in [6, 6.07) is 10.4. The molecule has 1 fully saturated rings. The van der Waals surface area contributed by atoms with Crippen LogP contribution in [0, 0.1) is 18.7 Å². The number of hydrogen-bond donors (Lipinski definition) is 2. The van der Waals surface area contributed by atoms with Gasteiger partial charge in [-0.1, -0.05) is 45.0 Å². The Morgan fingerprint density at radius 2 is 1.94 bits per heavy atom. The van der Waals surface area contributed by atoms with Crippen LogP contribution in [-0.4, -0.2) is 34.3 Å². The number of aryl methyl sites for hydroxylation is 1. The zero-order valence-corrected chi connectivity index (χ0v) is 21.8. The zero-order valence-electron chi connectivity index (χ0n) is 21.0. The van der Waals surface area contributed by atoms with Crippen molar-refractivity contribution >= 4 is 21.6 Å². The number of anilines is 1. The maximum Gasteiger partial charge on any atom is 0.229 e. The Morgan fingerprint density at radius 1 is 1.26 bits per heavy atom. The van der Waals surface area contributed by atoms with Gasteiger partial charge in [0.05, 0.1) is 24.6 Å². The largest absolute Gasteiger partial charge is 0.384 e. The number of amides is 1. The lowest BCUT2D eigenvalue weighted by Gasteiger charge is -2.25. The number of nitrogens with one attached hydrogen (secondary N) is 2. The lowest BCUT2D eigenvalue weighted by atomic mass is 9.83. The van der Waals surface area contributed by atoms with Gasteiger partial charge in [0.1, 0.15) is 5.82 Å². The molecule has 0 saturated heterocycles. The Bertz CT molecular complexity index is 1200. The predicted molar refractivity (Wildman–Crippen MR) is 133 cm³/mol. The van der Waals surface area contributed by atoms with Crippen molar-refractivity contribution in [1.82, 2.24) is 5.32 Å². The first-order valence-electron chi connectivity index (χ1n) is 11.4. The topological polar surface area (TPSA) is 84.5 Å². The summed E-state index contributed by atoms with van der Waals surface area (Å²) in [6.45, 7) is 9.99. The fraction of sp³-hybridized carbons (Fsp3) is 0.500. The molecular weight excluding hydrogens is 455 g/mol. The Morgan fingerprint density at radius 3 is 2.50 bits per heavy atom. The molecule has 3 unspecified atom stereocenters. The van der Waals surface area contributed by atoms with E-state index in [-0.39, 0.29) is 23.7 Å². The molecule has 0 spiro atoms. The molecule has 8 heteroatoms. The van der Waals surface area contributed by atoms with Crippen LogP contribution in [0.4, 0.5) is 10.1 Å². The average molecular weight is 491 g/mol. The summed E-state index contributed by atoms with van der Waals surface area (Å²) in [5.74, 6) is -0.590. The highest BCUT2D eigenvalue weighted by atomic mass is 32.2. The van der Waals surface area contributed by atoms with Crippen molar-refractivity contribution in [3.8, 4) is 0 Å². The van der Waals surface area contributed by atoms with Crippen LogP contribution < -0.4 is 10.0 Å². The molecule has 1 aliphatic carbocycles. The van der Waals surface area contributed by atoms with E-state index in [9.17, 15) is 17.6 Å². The van der Waals surface area contributed by atoms with Gasteiger partial charge in [0.2, 0.25) is 15.9 Å². The highest BCUT2D eigenvalue weighted by molar-refractivity contribution is 7.92. The normalized spacial score (nSPS) is 21.1. The van der Waals surface area contributed by atoms with Gasteiger partial charge < -0.3 is 10.1 Å². The molecule has 186 valence electrons. The van der Waals surface area contributed by atoms with Gasteiger partial charge in [-0.3, -0.25) is 9.52 Å². The van der Waals surface area contributed by atoms with Crippen molar-refractivity contribution in [2.45, 2.75) is 57.9 Å². The third-order valence-electron chi connectivity index (χ3n) is 6.82. The zero-order chi connectivity index (χ0) is 25.5. The smallest absolute Gasteiger partial charge is 0.229 e. The number of rotatable bonds is 9. The lowest BCUT2D eigenvalue weighted by molar-refractivity contribution is -0.123. The van der Waals surface area contributed by atoms with Crippen molar-refractivity contribution in [3.05, 3.63) is 64.5 Å². The van der Waals surface area contributed by atoms with E-state index in [0.717, 1.165) is 22.9 Å². The molecular formula is C26H35FN2O4S. The number of halogens is 1. The summed E-state index contributed by atoms with van der Waals surface area (Å²) in [6.07, 6.45) is 1.76. The van der Waals surface area contributed by atoms with Gasteiger partial charge in [-0.05, 0) is 54.7 Å². The first kappa shape index (κ1) is 26.2. The van der Waals surface area contributed by atoms with Crippen LogP contribution in [0.2, 0.25) is 0 Å². The minimum atomic E-state index is -3.36. The molecule has 2 aromatic carbocycles. The first-order chi connectivity index (χ1) is 15.7. The van der Waals surface area contributed by atoms with E-state index in [2.05, 4.69) is 10.0 Å². The summed E-state index contributed by atoms with van der Waals surface area (Å²) >= 11 is 0. The van der Waals surface area contributed by atoms with Gasteiger partial charge in [-0.25, -0.2) is 12.8 Å². The molecule has 1 saturated carbocycles. The van der Waals surface area contributed by atoms with Gasteiger partial charge in [0.15, 0.2) is 0 Å². The number of carbonyl (C=O) groups is 1. The van der Waals surface area contributed by atoms with E-state index in [0.29, 0.717) is 24.3 Å². The summed E-state index contributed by atoms with van der Waals surface area (Å²) < 4.78 is 45.7. The van der Waals surface area contributed by atoms with Crippen molar-refractivity contribution in [2.75, 3.05) is 24.7 Å². The highest BCUT2D eigenvalue weighted by Gasteiger charge is 2.55. The summed E-state index contributed by atoms with van der Waals surface area (Å²) in [4.78, 5) is 13.0. The molecule has 0 aliphatic heterocycles. The number of methoxy groups -OCH3 is 1. The molecule has 0 bridgehead atoms. The van der Waals surface area contributed by atoms with Crippen LogP contribution >= 0.6 is 0 Å². The van der Waals surface area contributed by atoms with Gasteiger partial charge in [0.25, 0.3) is 0 Å². The van der Waals surface area contributed by atoms with Gasteiger partial charge >= 0.3 is 0 Å². The summed E-state index contributed by atoms with van der Waals surface area (Å²) in [5, 5.41) is 3.06. The molecule has 6 nitrogen and oxygen atoms in total. The Kier molecular flexibility index (Phi) is 7.16. The second-order valence-electron chi connectivity index (χ2n) is 10.4. The number of carbonyl (C=O) groups excluding carboxylic acids is 1. The number of ether oxygens (including phenoxy) is 1. The average Bonchev–Trinajstić information content (AvgIpc) is 3.41. The highest BCUT2D eigenvalue weighted by Crippen LogP contribution is 2.54. The second kappa shape index (κ2) is 9.30. The summed E-state index contributed by atoms with van der Waals surface area (Å²) in [7, 11) is -1.76. The molecule has 2 aromatic rings. The fourth-order valence-electron chi connectivity index (χ4n) is 4.59. The Balaban J connectivity index is 1.69. The third-order valence-corrected chi connectivity index (χ3v) is 7.41. The minimum Gasteiger partial charge on any atom is -0.384 e. The number of benzene rings is 2. The quantitative estimate of drug-likeness (QED) is 0.539. The third kappa shape index (κ3) is 5.61. The molecule has 34 heavy (non-hydrogen) atoms. The maximum atomic E-state index is 15.0. The second-order valence-corrected chi connectivity index (χ2v) is 12.1. The van der Waals surface area contributed by atoms with Crippen LogP contribution in [0.15, 0.2) is 36.4 Å². The minimum absolute atomic E-state index is 0.0739. The van der Waals surface area contributed by atoms with Crippen LogP contribution in [0.25, 0.3) is 0 Å². The van der Waals surface area contributed by atoms with Crippen molar-refractivity contribution in [3.63, 3.8) is 0 Å². The van der Waals surface area contributed by atoms with Crippen LogP contribution in [0.5, 0.6) is 0 Å².